The molecule has 0 aliphatic rings. The number of aromatic amines is 2. The molecule has 2 aromatic heterocycles. The van der Waals surface area contributed by atoms with Gasteiger partial charge >= 0.3 is 6.09 Å². The molecular weight excluding hydrogens is 444 g/mol. The molecule has 2 heterocycles. The van der Waals surface area contributed by atoms with E-state index in [1.54, 1.807) is 33.2 Å². The van der Waals surface area contributed by atoms with Crippen molar-refractivity contribution in [1.29, 1.82) is 0 Å². The van der Waals surface area contributed by atoms with Crippen LogP contribution in [0, 0.1) is 0 Å². The fourth-order valence-electron chi connectivity index (χ4n) is 4.23. The second-order valence-electron chi connectivity index (χ2n) is 9.63. The highest BCUT2D eigenvalue weighted by Gasteiger charge is 2.36. The number of nitrogens with two attached hydrogens (primary N) is 1. The van der Waals surface area contributed by atoms with Crippen molar-refractivity contribution in [3.63, 3.8) is 0 Å². The molecule has 182 valence electrons. The van der Waals surface area contributed by atoms with Gasteiger partial charge in [-0.2, -0.15) is 0 Å². The zero-order valence-corrected chi connectivity index (χ0v) is 20.1. The van der Waals surface area contributed by atoms with E-state index in [2.05, 4.69) is 9.97 Å². The molecule has 0 saturated carbocycles. The van der Waals surface area contributed by atoms with E-state index < -0.39 is 29.7 Å². The van der Waals surface area contributed by atoms with Gasteiger partial charge in [0.15, 0.2) is 0 Å². The number of carbonyl (C=O) groups is 3. The molecule has 4 N–H and O–H groups in total. The van der Waals surface area contributed by atoms with Crippen molar-refractivity contribution in [2.75, 3.05) is 0 Å². The third-order valence-corrected chi connectivity index (χ3v) is 5.85. The summed E-state index contributed by atoms with van der Waals surface area (Å²) < 4.78 is 5.50. The van der Waals surface area contributed by atoms with Gasteiger partial charge in [-0.25, -0.2) is 9.69 Å². The summed E-state index contributed by atoms with van der Waals surface area (Å²) in [4.78, 5) is 46.2. The summed E-state index contributed by atoms with van der Waals surface area (Å²) in [5.41, 5.74) is 8.96. The zero-order chi connectivity index (χ0) is 25.2. The van der Waals surface area contributed by atoms with E-state index in [1.807, 2.05) is 48.5 Å². The van der Waals surface area contributed by atoms with Crippen LogP contribution in [0.15, 0.2) is 60.9 Å². The molecule has 0 aliphatic heterocycles. The first-order valence-electron chi connectivity index (χ1n) is 11.5. The maximum Gasteiger partial charge on any atom is 0.417 e. The van der Waals surface area contributed by atoms with Gasteiger partial charge in [0.25, 0.3) is 0 Å². The van der Waals surface area contributed by atoms with Crippen LogP contribution >= 0.6 is 0 Å². The molecule has 0 radical (unpaired) electrons. The van der Waals surface area contributed by atoms with Crippen molar-refractivity contribution in [2.45, 2.75) is 51.3 Å². The lowest BCUT2D eigenvalue weighted by Crippen LogP contribution is -2.54. The number of rotatable bonds is 7. The number of nitrogens with one attached hydrogen (secondary N) is 2. The fraction of sp³-hybridized carbons (Fsp3) is 0.296. The maximum absolute atomic E-state index is 13.5. The van der Waals surface area contributed by atoms with Crippen LogP contribution in [0.4, 0.5) is 4.79 Å². The van der Waals surface area contributed by atoms with Gasteiger partial charge in [-0.05, 0) is 50.5 Å². The summed E-state index contributed by atoms with van der Waals surface area (Å²) in [5, 5.41) is 1.87. The Balaban J connectivity index is 1.63. The number of para-hydroxylation sites is 2. The number of fused-ring (bicyclic) bond motifs is 2. The number of amides is 2. The van der Waals surface area contributed by atoms with E-state index in [0.717, 1.165) is 37.8 Å². The third kappa shape index (κ3) is 5.27. The van der Waals surface area contributed by atoms with Gasteiger partial charge in [0.1, 0.15) is 17.9 Å². The van der Waals surface area contributed by atoms with E-state index in [4.69, 9.17) is 10.5 Å². The van der Waals surface area contributed by atoms with Gasteiger partial charge in [0.2, 0.25) is 5.91 Å². The number of nitrogens with zero attached hydrogens (tertiary/aromatic N) is 1. The highest BCUT2D eigenvalue weighted by Crippen LogP contribution is 2.23. The van der Waals surface area contributed by atoms with E-state index in [1.165, 1.54) is 0 Å². The summed E-state index contributed by atoms with van der Waals surface area (Å²) in [6.45, 7) is 5.11. The average Bonchev–Trinajstić information content (AvgIpc) is 3.41. The van der Waals surface area contributed by atoms with E-state index in [-0.39, 0.29) is 12.8 Å². The number of ether oxygens (including phenoxy) is 1. The van der Waals surface area contributed by atoms with Gasteiger partial charge in [-0.1, -0.05) is 36.4 Å². The summed E-state index contributed by atoms with van der Waals surface area (Å²) in [7, 11) is 0. The molecule has 0 spiro atoms. The average molecular weight is 475 g/mol. The number of hydrogen-bond acceptors (Lipinski definition) is 5. The summed E-state index contributed by atoms with van der Waals surface area (Å²) in [6.07, 6.45) is 3.62. The molecule has 8 nitrogen and oxygen atoms in total. The predicted molar refractivity (Wildman–Crippen MR) is 135 cm³/mol. The van der Waals surface area contributed by atoms with Crippen molar-refractivity contribution in [3.05, 3.63) is 72.1 Å². The molecule has 2 aromatic carbocycles. The van der Waals surface area contributed by atoms with Crippen LogP contribution < -0.4 is 5.73 Å². The Morgan fingerprint density at radius 1 is 0.943 bits per heavy atom. The molecule has 0 bridgehead atoms. The predicted octanol–water partition coefficient (Wildman–Crippen LogP) is 4.09. The zero-order valence-electron chi connectivity index (χ0n) is 20.1. The molecule has 0 fully saturated rings. The largest absolute Gasteiger partial charge is 0.443 e. The lowest BCUT2D eigenvalue weighted by Gasteiger charge is -2.31. The van der Waals surface area contributed by atoms with Crippen LogP contribution in [0.25, 0.3) is 21.8 Å². The van der Waals surface area contributed by atoms with Gasteiger partial charge < -0.3 is 25.2 Å². The summed E-state index contributed by atoms with van der Waals surface area (Å²) in [5.74, 6) is -0.665. The number of benzene rings is 2. The Morgan fingerprint density at radius 2 is 1.46 bits per heavy atom. The summed E-state index contributed by atoms with van der Waals surface area (Å²) >= 11 is 0. The molecule has 0 aliphatic carbocycles. The molecule has 4 rings (SSSR count). The molecule has 0 unspecified atom stereocenters. The second kappa shape index (κ2) is 9.76. The first-order chi connectivity index (χ1) is 16.7. The topological polar surface area (TPSA) is 121 Å². The molecule has 2 amide bonds. The van der Waals surface area contributed by atoms with Crippen LogP contribution in [-0.2, 0) is 27.2 Å². The lowest BCUT2D eigenvalue weighted by molar-refractivity contribution is -0.136. The van der Waals surface area contributed by atoms with Crippen LogP contribution in [0.1, 0.15) is 31.9 Å². The highest BCUT2D eigenvalue weighted by molar-refractivity contribution is 5.98. The van der Waals surface area contributed by atoms with Crippen LogP contribution in [0.5, 0.6) is 0 Å². The SMILES string of the molecule is CC(C)(C)OC(=O)N(C(=O)[C@@H](N)Cc1c[nH]c2ccccc12)[C@H](C=O)Cc1c[nH]c2ccccc12. The van der Waals surface area contributed by atoms with Crippen LogP contribution in [-0.4, -0.2) is 50.8 Å². The number of hydrogen-bond donors (Lipinski definition) is 3. The quantitative estimate of drug-likeness (QED) is 0.348. The van der Waals surface area contributed by atoms with Crippen molar-refractivity contribution < 1.29 is 19.1 Å². The Bertz CT molecular complexity index is 1360. The van der Waals surface area contributed by atoms with E-state index >= 15 is 0 Å². The van der Waals surface area contributed by atoms with Gasteiger partial charge in [-0.15, -0.1) is 0 Å². The standard InChI is InChI=1S/C27H30N4O4/c1-27(2,3)35-26(34)31(19(16-32)12-17-14-29-23-10-6-4-8-20(17)23)25(33)22(28)13-18-15-30-24-11-7-5-9-21(18)24/h4-11,14-16,19,22,29-30H,12-13,28H2,1-3H3/t19-,22-/m0/s1. The van der Waals surface area contributed by atoms with Crippen molar-refractivity contribution in [2.24, 2.45) is 5.73 Å². The third-order valence-electron chi connectivity index (χ3n) is 5.85. The van der Waals surface area contributed by atoms with Gasteiger partial charge in [-0.3, -0.25) is 4.79 Å². The molecule has 0 saturated heterocycles. The number of aromatic nitrogens is 2. The minimum atomic E-state index is -1.08. The number of H-pyrrole nitrogens is 2. The number of aldehydes is 1. The molecular formula is C27H30N4O4. The van der Waals surface area contributed by atoms with Crippen molar-refractivity contribution in [1.82, 2.24) is 14.9 Å². The molecule has 4 aromatic rings. The van der Waals surface area contributed by atoms with Crippen LogP contribution in [0.2, 0.25) is 0 Å². The maximum atomic E-state index is 13.5. The smallest absolute Gasteiger partial charge is 0.417 e. The first-order valence-corrected chi connectivity index (χ1v) is 11.5. The van der Waals surface area contributed by atoms with Crippen molar-refractivity contribution in [3.8, 4) is 0 Å². The van der Waals surface area contributed by atoms with Crippen molar-refractivity contribution >= 4 is 40.1 Å². The Kier molecular flexibility index (Phi) is 6.75. The van der Waals surface area contributed by atoms with E-state index in [0.29, 0.717) is 6.29 Å². The highest BCUT2D eigenvalue weighted by atomic mass is 16.6. The summed E-state index contributed by atoms with van der Waals surface area (Å²) in [6, 6.07) is 13.2. The van der Waals surface area contributed by atoms with E-state index in [9.17, 15) is 14.4 Å². The Labute approximate surface area is 203 Å². The Morgan fingerprint density at radius 3 is 1.97 bits per heavy atom. The minimum absolute atomic E-state index is 0.137. The number of imide groups is 1. The molecule has 2 atom stereocenters. The Hall–Kier alpha value is -3.91. The molecule has 8 heteroatoms. The van der Waals surface area contributed by atoms with Gasteiger partial charge in [0, 0.05) is 40.6 Å². The number of carbonyl (C=O) groups excluding carboxylic acids is 3. The monoisotopic (exact) mass is 474 g/mol. The second-order valence-corrected chi connectivity index (χ2v) is 9.63. The lowest BCUT2D eigenvalue weighted by atomic mass is 10.0. The first kappa shape index (κ1) is 24.2. The fourth-order valence-corrected chi connectivity index (χ4v) is 4.23. The normalized spacial score (nSPS) is 13.5. The van der Waals surface area contributed by atoms with Gasteiger partial charge in [0.05, 0.1) is 6.04 Å². The molecule has 35 heavy (non-hydrogen) atoms. The minimum Gasteiger partial charge on any atom is -0.443 e. The van der Waals surface area contributed by atoms with Crippen LogP contribution in [0.3, 0.4) is 0 Å².